The van der Waals surface area contributed by atoms with E-state index in [4.69, 9.17) is 0 Å². The number of hydrogen-bond acceptors (Lipinski definition) is 6. The van der Waals surface area contributed by atoms with Gasteiger partial charge in [-0.15, -0.1) is 0 Å². The summed E-state index contributed by atoms with van der Waals surface area (Å²) < 4.78 is 26.8. The second-order valence-corrected chi connectivity index (χ2v) is 8.71. The predicted octanol–water partition coefficient (Wildman–Crippen LogP) is 4.32. The van der Waals surface area contributed by atoms with Crippen molar-refractivity contribution in [2.45, 2.75) is 32.1 Å². The highest BCUT2D eigenvalue weighted by Crippen LogP contribution is 2.27. The number of amides is 2. The predicted molar refractivity (Wildman–Crippen MR) is 115 cm³/mol. The average Bonchev–Trinajstić information content (AvgIpc) is 3.07. The zero-order valence-corrected chi connectivity index (χ0v) is 17.6. The van der Waals surface area contributed by atoms with Crippen molar-refractivity contribution in [3.63, 3.8) is 0 Å². The number of nitrogens with zero attached hydrogens (tertiary/aromatic N) is 3. The molecule has 1 aromatic carbocycles. The minimum Gasteiger partial charge on any atom is -0.341 e. The molecule has 1 N–H and O–H groups in total. The maximum absolute atomic E-state index is 13.8. The maximum Gasteiger partial charge on any atom is 0.290 e. The molecule has 0 unspecified atom stereocenters. The van der Waals surface area contributed by atoms with E-state index in [1.165, 1.54) is 12.1 Å². The van der Waals surface area contributed by atoms with Crippen molar-refractivity contribution in [2.24, 2.45) is 5.92 Å². The molecule has 0 saturated carbocycles. The first-order valence-corrected chi connectivity index (χ1v) is 11.1. The fraction of sp³-hybridized carbons (Fsp3) is 0.364. The first-order valence-electron chi connectivity index (χ1n) is 10.2. The second-order valence-electron chi connectivity index (χ2n) is 7.69. The van der Waals surface area contributed by atoms with Crippen molar-refractivity contribution in [3.05, 3.63) is 58.3 Å². The fourth-order valence-corrected chi connectivity index (χ4v) is 4.54. The number of carbonyl (C=O) groups excluding carboxylic acids is 2. The van der Waals surface area contributed by atoms with Crippen molar-refractivity contribution >= 4 is 34.9 Å². The van der Waals surface area contributed by atoms with Crippen LogP contribution in [0.15, 0.2) is 35.4 Å². The Kier molecular flexibility index (Phi) is 6.60. The summed E-state index contributed by atoms with van der Waals surface area (Å²) in [6.45, 7) is 1.65. The summed E-state index contributed by atoms with van der Waals surface area (Å²) in [4.78, 5) is 34.3. The first kappa shape index (κ1) is 21.4. The normalized spacial score (nSPS) is 18.6. The van der Waals surface area contributed by atoms with E-state index in [1.54, 1.807) is 18.3 Å². The van der Waals surface area contributed by atoms with Crippen molar-refractivity contribution in [3.8, 4) is 0 Å². The molecule has 0 atom stereocenters. The number of piperidine rings is 1. The van der Waals surface area contributed by atoms with Gasteiger partial charge < -0.3 is 4.90 Å². The van der Waals surface area contributed by atoms with Gasteiger partial charge in [-0.25, -0.2) is 18.7 Å². The Balaban J connectivity index is 1.28. The van der Waals surface area contributed by atoms with Gasteiger partial charge in [0.15, 0.2) is 0 Å². The van der Waals surface area contributed by atoms with Crippen molar-refractivity contribution in [2.75, 3.05) is 18.0 Å². The summed E-state index contributed by atoms with van der Waals surface area (Å²) in [7, 11) is 0. The van der Waals surface area contributed by atoms with Gasteiger partial charge in [-0.3, -0.25) is 14.9 Å². The molecule has 2 fully saturated rings. The van der Waals surface area contributed by atoms with Gasteiger partial charge in [0.2, 0.25) is 5.95 Å². The number of anilines is 1. The number of nitrogens with one attached hydrogen (secondary N) is 1. The summed E-state index contributed by atoms with van der Waals surface area (Å²) in [5.74, 6) is -0.267. The average molecular weight is 445 g/mol. The summed E-state index contributed by atoms with van der Waals surface area (Å²) >= 11 is 0.863. The molecule has 6 nitrogen and oxygen atoms in total. The van der Waals surface area contributed by atoms with Crippen LogP contribution in [-0.2, 0) is 11.2 Å². The van der Waals surface area contributed by atoms with Gasteiger partial charge in [0.25, 0.3) is 11.1 Å². The van der Waals surface area contributed by atoms with E-state index in [-0.39, 0.29) is 5.24 Å². The minimum absolute atomic E-state index is 0.325. The lowest BCUT2D eigenvalue weighted by Crippen LogP contribution is -2.35. The highest BCUT2D eigenvalue weighted by molar-refractivity contribution is 8.18. The highest BCUT2D eigenvalue weighted by Gasteiger charge is 2.25. The van der Waals surface area contributed by atoms with Crippen LogP contribution in [0.2, 0.25) is 0 Å². The number of carbonyl (C=O) groups is 2. The summed E-state index contributed by atoms with van der Waals surface area (Å²) in [6, 6.07) is 5.47. The van der Waals surface area contributed by atoms with E-state index in [2.05, 4.69) is 20.2 Å². The fourth-order valence-electron chi connectivity index (χ4n) is 3.88. The molecular formula is C22H22F2N4O2S. The highest BCUT2D eigenvalue weighted by atomic mass is 32.2. The zero-order valence-electron chi connectivity index (χ0n) is 16.8. The number of halogens is 2. The van der Waals surface area contributed by atoms with Gasteiger partial charge >= 0.3 is 0 Å². The third-order valence-corrected chi connectivity index (χ3v) is 6.37. The Hall–Kier alpha value is -2.81. The van der Waals surface area contributed by atoms with Gasteiger partial charge in [-0.2, -0.15) is 0 Å². The first-order chi connectivity index (χ1) is 15.0. The summed E-state index contributed by atoms with van der Waals surface area (Å²) in [5.41, 5.74) is 1.15. The Labute approximate surface area is 183 Å². The van der Waals surface area contributed by atoms with Gasteiger partial charge in [0.05, 0.1) is 10.6 Å². The van der Waals surface area contributed by atoms with Gasteiger partial charge in [-0.1, -0.05) is 6.07 Å². The third kappa shape index (κ3) is 5.46. The summed E-state index contributed by atoms with van der Waals surface area (Å²) in [6.07, 6.45) is 7.71. The topological polar surface area (TPSA) is 75.2 Å². The van der Waals surface area contributed by atoms with Crippen LogP contribution in [0, 0.1) is 17.6 Å². The van der Waals surface area contributed by atoms with E-state index in [0.29, 0.717) is 34.4 Å². The smallest absolute Gasteiger partial charge is 0.290 e. The number of thioether (sulfide) groups is 1. The molecule has 3 heterocycles. The van der Waals surface area contributed by atoms with Crippen molar-refractivity contribution in [1.29, 1.82) is 0 Å². The van der Waals surface area contributed by atoms with Crippen LogP contribution in [0.3, 0.4) is 0 Å². The van der Waals surface area contributed by atoms with E-state index >= 15 is 0 Å². The third-order valence-electron chi connectivity index (χ3n) is 5.56. The number of aryl methyl sites for hydroxylation is 1. The molecule has 0 radical (unpaired) electrons. The molecule has 2 aliphatic rings. The number of benzene rings is 1. The van der Waals surface area contributed by atoms with E-state index < -0.39 is 17.5 Å². The molecule has 0 spiro atoms. The van der Waals surface area contributed by atoms with Gasteiger partial charge in [-0.05, 0) is 73.6 Å². The van der Waals surface area contributed by atoms with Gasteiger partial charge in [0, 0.05) is 25.4 Å². The molecule has 2 saturated heterocycles. The molecule has 9 heteroatoms. The molecule has 2 aliphatic heterocycles. The van der Waals surface area contributed by atoms with Crippen LogP contribution in [0.1, 0.15) is 36.9 Å². The minimum atomic E-state index is -0.546. The van der Waals surface area contributed by atoms with Crippen LogP contribution in [0.4, 0.5) is 19.5 Å². The Morgan fingerprint density at radius 1 is 1.19 bits per heavy atom. The zero-order chi connectivity index (χ0) is 21.8. The van der Waals surface area contributed by atoms with Crippen LogP contribution in [-0.4, -0.2) is 34.2 Å². The number of aromatic nitrogens is 2. The number of imide groups is 1. The molecule has 2 amide bonds. The SMILES string of the molecule is O=C1NC(=O)/C(=C/c2ccnc(N3CCC(CCCc4ccc(F)cc4F)CC3)n2)S1. The van der Waals surface area contributed by atoms with E-state index in [0.717, 1.165) is 56.6 Å². The molecule has 2 aromatic rings. The van der Waals surface area contributed by atoms with E-state index in [9.17, 15) is 18.4 Å². The van der Waals surface area contributed by atoms with Crippen LogP contribution in [0.5, 0.6) is 0 Å². The second kappa shape index (κ2) is 9.55. The molecule has 1 aromatic heterocycles. The van der Waals surface area contributed by atoms with Crippen molar-refractivity contribution in [1.82, 2.24) is 15.3 Å². The Morgan fingerprint density at radius 3 is 2.71 bits per heavy atom. The summed E-state index contributed by atoms with van der Waals surface area (Å²) in [5, 5.41) is 1.85. The van der Waals surface area contributed by atoms with E-state index in [1.807, 2.05) is 0 Å². The Bertz CT molecular complexity index is 1020. The lowest BCUT2D eigenvalue weighted by Gasteiger charge is -2.32. The number of rotatable bonds is 6. The van der Waals surface area contributed by atoms with Crippen LogP contribution < -0.4 is 10.2 Å². The lowest BCUT2D eigenvalue weighted by atomic mass is 9.91. The molecule has 162 valence electrons. The molecule has 0 bridgehead atoms. The molecule has 0 aliphatic carbocycles. The van der Waals surface area contributed by atoms with Gasteiger partial charge in [0.1, 0.15) is 11.6 Å². The quantitative estimate of drug-likeness (QED) is 0.669. The largest absolute Gasteiger partial charge is 0.341 e. The monoisotopic (exact) mass is 444 g/mol. The lowest BCUT2D eigenvalue weighted by molar-refractivity contribution is -0.115. The standard InChI is InChI=1S/C22H22F2N4O2S/c23-16-5-4-15(18(24)12-16)3-1-2-14-7-10-28(11-8-14)21-25-9-6-17(26-21)13-19-20(29)27-22(30)31-19/h4-6,9,12-14H,1-3,7-8,10-11H2,(H,27,29,30)/b19-13-. The van der Waals surface area contributed by atoms with Crippen LogP contribution in [0.25, 0.3) is 6.08 Å². The Morgan fingerprint density at radius 2 is 2.00 bits per heavy atom. The van der Waals surface area contributed by atoms with Crippen LogP contribution >= 0.6 is 11.8 Å². The molecule has 4 rings (SSSR count). The molecule has 31 heavy (non-hydrogen) atoms. The number of hydrogen-bond donors (Lipinski definition) is 1. The maximum atomic E-state index is 13.8. The molecular weight excluding hydrogens is 422 g/mol. The van der Waals surface area contributed by atoms with Crippen molar-refractivity contribution < 1.29 is 18.4 Å².